The number of rotatable bonds is 3. The van der Waals surface area contributed by atoms with E-state index in [2.05, 4.69) is 10.3 Å². The predicted octanol–water partition coefficient (Wildman–Crippen LogP) is 0.354. The Morgan fingerprint density at radius 3 is 3.00 bits per heavy atom. The summed E-state index contributed by atoms with van der Waals surface area (Å²) < 4.78 is 5.33. The van der Waals surface area contributed by atoms with Crippen molar-refractivity contribution in [1.82, 2.24) is 4.98 Å². The first-order valence-corrected chi connectivity index (χ1v) is 5.41. The van der Waals surface area contributed by atoms with E-state index in [4.69, 9.17) is 16.2 Å². The molecule has 0 aliphatic carbocycles. The summed E-state index contributed by atoms with van der Waals surface area (Å²) in [5.74, 6) is -0.0884. The van der Waals surface area contributed by atoms with Gasteiger partial charge in [-0.3, -0.25) is 4.79 Å². The van der Waals surface area contributed by atoms with Gasteiger partial charge in [-0.15, -0.1) is 0 Å². The molecule has 5 N–H and O–H groups in total. The summed E-state index contributed by atoms with van der Waals surface area (Å²) in [5, 5.41) is 3.20. The number of aromatic nitrogens is 1. The Balaban J connectivity index is 2.28. The number of nitrogens with zero attached hydrogens (tertiary/aromatic N) is 1. The summed E-state index contributed by atoms with van der Waals surface area (Å²) in [6.45, 7) is 3.30. The minimum absolute atomic E-state index is 0.215. The highest BCUT2D eigenvalue weighted by atomic mass is 16.5. The molecule has 1 unspecified atom stereocenters. The van der Waals surface area contributed by atoms with E-state index in [1.165, 1.54) is 12.3 Å². The molecule has 1 aliphatic heterocycles. The zero-order valence-electron chi connectivity index (χ0n) is 9.69. The van der Waals surface area contributed by atoms with Crippen molar-refractivity contribution in [2.75, 3.05) is 24.3 Å². The number of hydrogen-bond donors (Lipinski definition) is 3. The molecule has 1 aliphatic rings. The van der Waals surface area contributed by atoms with E-state index in [0.29, 0.717) is 30.3 Å². The van der Waals surface area contributed by atoms with Crippen molar-refractivity contribution in [1.29, 1.82) is 0 Å². The summed E-state index contributed by atoms with van der Waals surface area (Å²) in [6.07, 6.45) is 2.35. The van der Waals surface area contributed by atoms with Crippen LogP contribution in [0.1, 0.15) is 23.7 Å². The molecule has 1 aromatic heterocycles. The van der Waals surface area contributed by atoms with E-state index in [1.54, 1.807) is 0 Å². The maximum absolute atomic E-state index is 11.3. The molecule has 2 heterocycles. The van der Waals surface area contributed by atoms with Crippen LogP contribution in [0.4, 0.5) is 11.5 Å². The molecule has 0 saturated carbocycles. The van der Waals surface area contributed by atoms with Gasteiger partial charge in [0.25, 0.3) is 5.91 Å². The summed E-state index contributed by atoms with van der Waals surface area (Å²) >= 11 is 0. The lowest BCUT2D eigenvalue weighted by atomic mass is 10.0. The van der Waals surface area contributed by atoms with Crippen LogP contribution in [-0.2, 0) is 4.74 Å². The Bertz CT molecular complexity index is 441. The molecule has 1 atom stereocenters. The molecular formula is C11H16N4O2. The molecule has 2 rings (SSSR count). The Morgan fingerprint density at radius 2 is 2.41 bits per heavy atom. The highest BCUT2D eigenvalue weighted by Gasteiger charge is 2.30. The quantitative estimate of drug-likeness (QED) is 0.702. The maximum atomic E-state index is 11.3. The van der Waals surface area contributed by atoms with E-state index in [9.17, 15) is 4.79 Å². The van der Waals surface area contributed by atoms with Crippen molar-refractivity contribution in [3.63, 3.8) is 0 Å². The Kier molecular flexibility index (Phi) is 2.89. The number of ether oxygens (including phenoxy) is 1. The predicted molar refractivity (Wildman–Crippen MR) is 64.6 cm³/mol. The van der Waals surface area contributed by atoms with Gasteiger partial charge in [0, 0.05) is 6.61 Å². The van der Waals surface area contributed by atoms with Gasteiger partial charge < -0.3 is 21.5 Å². The van der Waals surface area contributed by atoms with Crippen molar-refractivity contribution < 1.29 is 9.53 Å². The Hall–Kier alpha value is -1.82. The molecule has 0 bridgehead atoms. The molecule has 92 valence electrons. The molecule has 0 radical (unpaired) electrons. The van der Waals surface area contributed by atoms with E-state index < -0.39 is 5.91 Å². The van der Waals surface area contributed by atoms with Gasteiger partial charge in [-0.1, -0.05) is 0 Å². The van der Waals surface area contributed by atoms with Crippen molar-refractivity contribution in [2.24, 2.45) is 5.73 Å². The monoisotopic (exact) mass is 236 g/mol. The van der Waals surface area contributed by atoms with Crippen LogP contribution in [0.15, 0.2) is 12.3 Å². The fraction of sp³-hybridized carbons (Fsp3) is 0.455. The van der Waals surface area contributed by atoms with Crippen LogP contribution < -0.4 is 16.8 Å². The molecule has 17 heavy (non-hydrogen) atoms. The number of carbonyl (C=O) groups excluding carboxylic acids is 1. The highest BCUT2D eigenvalue weighted by molar-refractivity contribution is 5.98. The van der Waals surface area contributed by atoms with Crippen molar-refractivity contribution in [3.8, 4) is 0 Å². The number of nitrogen functional groups attached to an aromatic ring is 1. The number of pyridine rings is 1. The van der Waals surface area contributed by atoms with Crippen LogP contribution in [-0.4, -0.2) is 29.6 Å². The Morgan fingerprint density at radius 1 is 1.65 bits per heavy atom. The lowest BCUT2D eigenvalue weighted by molar-refractivity contribution is 0.100. The third-order valence-electron chi connectivity index (χ3n) is 2.81. The second-order valence-electron chi connectivity index (χ2n) is 4.52. The number of nitrogens with two attached hydrogens (primary N) is 2. The van der Waals surface area contributed by atoms with Crippen molar-refractivity contribution in [2.45, 2.75) is 18.9 Å². The summed E-state index contributed by atoms with van der Waals surface area (Å²) in [7, 11) is 0. The van der Waals surface area contributed by atoms with Crippen LogP contribution in [0, 0.1) is 0 Å². The Labute approximate surface area is 99.3 Å². The molecular weight excluding hydrogens is 220 g/mol. The van der Waals surface area contributed by atoms with Gasteiger partial charge >= 0.3 is 0 Å². The summed E-state index contributed by atoms with van der Waals surface area (Å²) in [4.78, 5) is 15.4. The first kappa shape index (κ1) is 11.7. The third-order valence-corrected chi connectivity index (χ3v) is 2.81. The second kappa shape index (κ2) is 4.21. The fourth-order valence-electron chi connectivity index (χ4n) is 1.82. The molecule has 6 heteroatoms. The van der Waals surface area contributed by atoms with Gasteiger partial charge in [-0.05, 0) is 19.4 Å². The number of carbonyl (C=O) groups is 1. The van der Waals surface area contributed by atoms with Crippen LogP contribution in [0.3, 0.4) is 0 Å². The minimum atomic E-state index is -0.546. The molecule has 1 aromatic rings. The van der Waals surface area contributed by atoms with Gasteiger partial charge in [-0.25, -0.2) is 4.98 Å². The number of amides is 1. The SMILES string of the molecule is CC1(Nc2ncc(N)cc2C(N)=O)CCOC1. The van der Waals surface area contributed by atoms with Gasteiger partial charge in [-0.2, -0.15) is 0 Å². The smallest absolute Gasteiger partial charge is 0.252 e. The fourth-order valence-corrected chi connectivity index (χ4v) is 1.82. The van der Waals surface area contributed by atoms with Crippen LogP contribution >= 0.6 is 0 Å². The van der Waals surface area contributed by atoms with E-state index >= 15 is 0 Å². The molecule has 0 aromatic carbocycles. The summed E-state index contributed by atoms with van der Waals surface area (Å²) in [5.41, 5.74) is 11.4. The summed E-state index contributed by atoms with van der Waals surface area (Å²) in [6, 6.07) is 1.52. The molecule has 1 amide bonds. The van der Waals surface area contributed by atoms with Crippen molar-refractivity contribution in [3.05, 3.63) is 17.8 Å². The normalized spacial score (nSPS) is 23.6. The van der Waals surface area contributed by atoms with E-state index in [-0.39, 0.29) is 5.54 Å². The van der Waals surface area contributed by atoms with Gasteiger partial charge in [0.05, 0.1) is 29.6 Å². The molecule has 0 spiro atoms. The average molecular weight is 236 g/mol. The highest BCUT2D eigenvalue weighted by Crippen LogP contribution is 2.25. The topological polar surface area (TPSA) is 103 Å². The molecule has 6 nitrogen and oxygen atoms in total. The standard InChI is InChI=1S/C11H16N4O2/c1-11(2-3-17-6-11)15-10-8(9(13)16)4-7(12)5-14-10/h4-5H,2-3,6,12H2,1H3,(H2,13,16)(H,14,15). The number of hydrogen-bond acceptors (Lipinski definition) is 5. The number of anilines is 2. The van der Waals surface area contributed by atoms with Gasteiger partial charge in [0.15, 0.2) is 0 Å². The lowest BCUT2D eigenvalue weighted by Crippen LogP contribution is -2.36. The van der Waals surface area contributed by atoms with Gasteiger partial charge in [0.1, 0.15) is 5.82 Å². The molecule has 1 saturated heterocycles. The van der Waals surface area contributed by atoms with Crippen LogP contribution in [0.2, 0.25) is 0 Å². The zero-order valence-corrected chi connectivity index (χ0v) is 9.69. The zero-order chi connectivity index (χ0) is 12.5. The van der Waals surface area contributed by atoms with Crippen LogP contribution in [0.25, 0.3) is 0 Å². The van der Waals surface area contributed by atoms with Gasteiger partial charge in [0.2, 0.25) is 0 Å². The third kappa shape index (κ3) is 2.47. The molecule has 1 fully saturated rings. The number of nitrogens with one attached hydrogen (secondary N) is 1. The average Bonchev–Trinajstić information content (AvgIpc) is 2.67. The van der Waals surface area contributed by atoms with Crippen molar-refractivity contribution >= 4 is 17.4 Å². The lowest BCUT2D eigenvalue weighted by Gasteiger charge is -2.25. The minimum Gasteiger partial charge on any atom is -0.397 e. The second-order valence-corrected chi connectivity index (χ2v) is 4.52. The first-order chi connectivity index (χ1) is 8.00. The maximum Gasteiger partial charge on any atom is 0.252 e. The largest absolute Gasteiger partial charge is 0.397 e. The van der Waals surface area contributed by atoms with E-state index in [1.807, 2.05) is 6.92 Å². The van der Waals surface area contributed by atoms with E-state index in [0.717, 1.165) is 6.42 Å². The number of primary amides is 1. The van der Waals surface area contributed by atoms with Crippen LogP contribution in [0.5, 0.6) is 0 Å². The first-order valence-electron chi connectivity index (χ1n) is 5.41.